The van der Waals surface area contributed by atoms with E-state index >= 15 is 0 Å². The zero-order chi connectivity index (χ0) is 13.8. The Kier molecular flexibility index (Phi) is 12.8. The van der Waals surface area contributed by atoms with Crippen LogP contribution in [0, 0.1) is 0 Å². The lowest BCUT2D eigenvalue weighted by Crippen LogP contribution is -2.41. The van der Waals surface area contributed by atoms with Gasteiger partial charge < -0.3 is 15.2 Å². The van der Waals surface area contributed by atoms with Crippen molar-refractivity contribution < 1.29 is 9.47 Å². The van der Waals surface area contributed by atoms with Crippen molar-refractivity contribution in [2.75, 3.05) is 26.4 Å². The van der Waals surface area contributed by atoms with Gasteiger partial charge >= 0.3 is 0 Å². The largest absolute Gasteiger partial charge is 0.381 e. The Balaban J connectivity index is 3.37. The van der Waals surface area contributed by atoms with E-state index in [-0.39, 0.29) is 16.8 Å². The molecule has 0 fully saturated rings. The molecule has 0 saturated carbocycles. The zero-order valence-corrected chi connectivity index (χ0v) is 13.1. The van der Waals surface area contributed by atoms with E-state index in [4.69, 9.17) is 38.4 Å². The van der Waals surface area contributed by atoms with Gasteiger partial charge in [-0.1, -0.05) is 13.8 Å². The first-order chi connectivity index (χ1) is 8.63. The Labute approximate surface area is 121 Å². The van der Waals surface area contributed by atoms with Gasteiger partial charge in [0.15, 0.2) is 0 Å². The number of rotatable bonds is 12. The standard InChI is InChI=1S/C13H27Cl2NO2/c1-3-7-17-8-5-6-9-18-10-12(15)13(16)11(14)4-2/h11-13H,3-10,16H2,1-2H3. The monoisotopic (exact) mass is 299 g/mol. The fraction of sp³-hybridized carbons (Fsp3) is 1.00. The van der Waals surface area contributed by atoms with Gasteiger partial charge in [0.25, 0.3) is 0 Å². The van der Waals surface area contributed by atoms with Crippen LogP contribution >= 0.6 is 23.2 Å². The molecule has 0 aliphatic carbocycles. The summed E-state index contributed by atoms with van der Waals surface area (Å²) in [5, 5.41) is -0.303. The van der Waals surface area contributed by atoms with E-state index in [1.54, 1.807) is 0 Å². The quantitative estimate of drug-likeness (QED) is 0.445. The highest BCUT2D eigenvalue weighted by Gasteiger charge is 2.21. The van der Waals surface area contributed by atoms with Crippen LogP contribution < -0.4 is 5.73 Å². The van der Waals surface area contributed by atoms with E-state index in [2.05, 4.69) is 6.92 Å². The Hall–Kier alpha value is 0.460. The molecule has 0 aromatic rings. The van der Waals surface area contributed by atoms with Crippen LogP contribution in [0.2, 0.25) is 0 Å². The van der Waals surface area contributed by atoms with Gasteiger partial charge in [-0.05, 0) is 25.7 Å². The number of nitrogens with two attached hydrogens (primary N) is 1. The summed E-state index contributed by atoms with van der Waals surface area (Å²) in [6.45, 7) is 6.91. The van der Waals surface area contributed by atoms with Crippen LogP contribution in [0.3, 0.4) is 0 Å². The fourth-order valence-electron chi connectivity index (χ4n) is 1.46. The first-order valence-corrected chi connectivity index (χ1v) is 7.69. The molecule has 110 valence electrons. The first-order valence-electron chi connectivity index (χ1n) is 6.82. The Bertz CT molecular complexity index is 184. The van der Waals surface area contributed by atoms with E-state index in [1.165, 1.54) is 0 Å². The third-order valence-corrected chi connectivity index (χ3v) is 3.69. The maximum Gasteiger partial charge on any atom is 0.0734 e. The number of ether oxygens (including phenoxy) is 2. The van der Waals surface area contributed by atoms with Crippen LogP contribution in [0.4, 0.5) is 0 Å². The molecule has 0 aliphatic heterocycles. The summed E-state index contributed by atoms with van der Waals surface area (Å²) < 4.78 is 10.9. The minimum atomic E-state index is -0.219. The molecule has 5 heteroatoms. The van der Waals surface area contributed by atoms with Gasteiger partial charge in [-0.15, -0.1) is 23.2 Å². The summed E-state index contributed by atoms with van der Waals surface area (Å²) in [4.78, 5) is 0. The zero-order valence-electron chi connectivity index (χ0n) is 11.5. The van der Waals surface area contributed by atoms with Gasteiger partial charge in [-0.2, -0.15) is 0 Å². The summed E-state index contributed by atoms with van der Waals surface area (Å²) in [7, 11) is 0. The molecule has 0 spiro atoms. The Morgan fingerprint density at radius 2 is 1.56 bits per heavy atom. The van der Waals surface area contributed by atoms with Crippen molar-refractivity contribution >= 4 is 23.2 Å². The number of alkyl halides is 2. The van der Waals surface area contributed by atoms with Crippen molar-refractivity contribution in [1.29, 1.82) is 0 Å². The molecular weight excluding hydrogens is 273 g/mol. The third-order valence-electron chi connectivity index (χ3n) is 2.68. The van der Waals surface area contributed by atoms with Crippen LogP contribution in [0.1, 0.15) is 39.5 Å². The summed E-state index contributed by atoms with van der Waals surface area (Å²) in [5.74, 6) is 0. The molecule has 3 unspecified atom stereocenters. The van der Waals surface area contributed by atoms with Crippen molar-refractivity contribution in [1.82, 2.24) is 0 Å². The minimum absolute atomic E-state index is 0.0847. The minimum Gasteiger partial charge on any atom is -0.381 e. The van der Waals surface area contributed by atoms with Gasteiger partial charge in [0.2, 0.25) is 0 Å². The van der Waals surface area contributed by atoms with Crippen molar-refractivity contribution in [2.24, 2.45) is 5.73 Å². The molecule has 0 bridgehead atoms. The summed E-state index contributed by atoms with van der Waals surface area (Å²) >= 11 is 12.2. The van der Waals surface area contributed by atoms with E-state index in [1.807, 2.05) is 6.92 Å². The normalized spacial score (nSPS) is 16.5. The lowest BCUT2D eigenvalue weighted by Gasteiger charge is -2.21. The van der Waals surface area contributed by atoms with Gasteiger partial charge in [0.05, 0.1) is 12.0 Å². The fourth-order valence-corrected chi connectivity index (χ4v) is 1.98. The molecule has 0 radical (unpaired) electrons. The smallest absolute Gasteiger partial charge is 0.0734 e. The van der Waals surface area contributed by atoms with Gasteiger partial charge in [0.1, 0.15) is 0 Å². The summed E-state index contributed by atoms with van der Waals surface area (Å²) in [5.41, 5.74) is 5.90. The molecule has 0 heterocycles. The van der Waals surface area contributed by atoms with E-state index in [0.29, 0.717) is 13.2 Å². The Morgan fingerprint density at radius 1 is 0.944 bits per heavy atom. The van der Waals surface area contributed by atoms with Crippen LogP contribution in [0.25, 0.3) is 0 Å². The molecule has 3 nitrogen and oxygen atoms in total. The summed E-state index contributed by atoms with van der Waals surface area (Å²) in [6, 6.07) is -0.216. The maximum absolute atomic E-state index is 6.13. The average molecular weight is 300 g/mol. The Morgan fingerprint density at radius 3 is 2.11 bits per heavy atom. The molecule has 0 aliphatic rings. The molecule has 2 N–H and O–H groups in total. The van der Waals surface area contributed by atoms with Crippen molar-refractivity contribution in [3.8, 4) is 0 Å². The molecule has 0 aromatic carbocycles. The molecule has 0 amide bonds. The summed E-state index contributed by atoms with van der Waals surface area (Å²) in [6.07, 6.45) is 3.90. The molecule has 0 rings (SSSR count). The highest BCUT2D eigenvalue weighted by Crippen LogP contribution is 2.13. The van der Waals surface area contributed by atoms with Crippen LogP contribution in [0.5, 0.6) is 0 Å². The van der Waals surface area contributed by atoms with E-state index in [0.717, 1.165) is 38.9 Å². The number of hydrogen-bond donors (Lipinski definition) is 1. The predicted octanol–water partition coefficient (Wildman–Crippen LogP) is 3.16. The molecule has 0 saturated heterocycles. The molecular formula is C13H27Cl2NO2. The van der Waals surface area contributed by atoms with E-state index < -0.39 is 0 Å². The second kappa shape index (κ2) is 12.5. The SMILES string of the molecule is CCCOCCCCOCC(Cl)C(N)C(Cl)CC. The average Bonchev–Trinajstić information content (AvgIpc) is 2.39. The van der Waals surface area contributed by atoms with Crippen LogP contribution in [0.15, 0.2) is 0 Å². The number of hydrogen-bond acceptors (Lipinski definition) is 3. The van der Waals surface area contributed by atoms with Gasteiger partial charge in [0, 0.05) is 31.2 Å². The van der Waals surface area contributed by atoms with Crippen molar-refractivity contribution in [3.63, 3.8) is 0 Å². The number of halogens is 2. The van der Waals surface area contributed by atoms with Crippen molar-refractivity contribution in [2.45, 2.75) is 56.3 Å². The highest BCUT2D eigenvalue weighted by molar-refractivity contribution is 6.24. The number of unbranched alkanes of at least 4 members (excludes halogenated alkanes) is 1. The lowest BCUT2D eigenvalue weighted by atomic mass is 10.1. The topological polar surface area (TPSA) is 44.5 Å². The highest BCUT2D eigenvalue weighted by atomic mass is 35.5. The molecule has 18 heavy (non-hydrogen) atoms. The van der Waals surface area contributed by atoms with Crippen LogP contribution in [-0.2, 0) is 9.47 Å². The second-order valence-electron chi connectivity index (χ2n) is 4.41. The first kappa shape index (κ1) is 18.5. The lowest BCUT2D eigenvalue weighted by molar-refractivity contribution is 0.101. The maximum atomic E-state index is 6.13. The molecule has 3 atom stereocenters. The van der Waals surface area contributed by atoms with E-state index in [9.17, 15) is 0 Å². The van der Waals surface area contributed by atoms with Gasteiger partial charge in [-0.3, -0.25) is 0 Å². The van der Waals surface area contributed by atoms with Crippen LogP contribution in [-0.4, -0.2) is 43.2 Å². The van der Waals surface area contributed by atoms with Crippen molar-refractivity contribution in [3.05, 3.63) is 0 Å². The molecule has 0 aromatic heterocycles. The third kappa shape index (κ3) is 9.40. The second-order valence-corrected chi connectivity index (χ2v) is 5.53. The predicted molar refractivity (Wildman–Crippen MR) is 78.7 cm³/mol. The van der Waals surface area contributed by atoms with Gasteiger partial charge in [-0.25, -0.2) is 0 Å².